The number of hydrogen-bond donors (Lipinski definition) is 4. The Bertz CT molecular complexity index is 847. The molecule has 0 aliphatic carbocycles. The summed E-state index contributed by atoms with van der Waals surface area (Å²) in [4.78, 5) is -2.06. The van der Waals surface area contributed by atoms with E-state index in [9.17, 15) is 27.0 Å². The van der Waals surface area contributed by atoms with Crippen LogP contribution >= 0.6 is 0 Å². The predicted octanol–water partition coefficient (Wildman–Crippen LogP) is -2.14. The fourth-order valence-electron chi connectivity index (χ4n) is 1.69. The Morgan fingerprint density at radius 2 is 1.00 bits per heavy atom. The average molecular weight is 360 g/mol. The Balaban J connectivity index is 0.00000220. The molecule has 0 spiro atoms. The summed E-state index contributed by atoms with van der Waals surface area (Å²) in [6.45, 7) is 0. The van der Waals surface area contributed by atoms with E-state index >= 15 is 0 Å². The minimum absolute atomic E-state index is 0. The number of benzene rings is 2. The fraction of sp³-hybridized carbons (Fsp3) is 0. The smallest absolute Gasteiger partial charge is 1.00 e. The third-order valence-corrected chi connectivity index (χ3v) is 4.47. The van der Waals surface area contributed by atoms with Crippen molar-refractivity contribution in [1.82, 2.24) is 0 Å². The maximum absolute atomic E-state index is 11.2. The molecule has 0 fully saturated rings. The molecular formula is C10H9KO8S2. The molecule has 0 aromatic heterocycles. The van der Waals surface area contributed by atoms with Crippen LogP contribution in [0, 0.1) is 0 Å². The standard InChI is InChI=1S/C10H8O8S2.K.H/c11-7-1-5-3-9(19(13,14)15)10(20(16,17)18)4-6(5)2-8(7)12;;/h1-4,11-12H,(H,13,14,15)(H,16,17,18);;/q;+1;-1. The van der Waals surface area contributed by atoms with Crippen molar-refractivity contribution in [2.75, 3.05) is 0 Å². The van der Waals surface area contributed by atoms with E-state index in [4.69, 9.17) is 9.11 Å². The third kappa shape index (κ3) is 3.94. The van der Waals surface area contributed by atoms with E-state index in [-0.39, 0.29) is 63.6 Å². The van der Waals surface area contributed by atoms with E-state index < -0.39 is 41.5 Å². The summed E-state index contributed by atoms with van der Waals surface area (Å²) in [7, 11) is -9.83. The Morgan fingerprint density at radius 3 is 1.24 bits per heavy atom. The molecule has 8 nitrogen and oxygen atoms in total. The molecule has 2 aromatic rings. The van der Waals surface area contributed by atoms with Gasteiger partial charge in [-0.3, -0.25) is 9.11 Å². The molecular weight excluding hydrogens is 351 g/mol. The molecule has 4 N–H and O–H groups in total. The zero-order valence-corrected chi connectivity index (χ0v) is 15.3. The molecule has 0 amide bonds. The molecule has 0 unspecified atom stereocenters. The van der Waals surface area contributed by atoms with Gasteiger partial charge in [-0.2, -0.15) is 16.8 Å². The van der Waals surface area contributed by atoms with Crippen molar-refractivity contribution in [3.8, 4) is 11.5 Å². The number of aromatic hydroxyl groups is 2. The molecule has 0 heterocycles. The maximum Gasteiger partial charge on any atom is 1.00 e. The van der Waals surface area contributed by atoms with Crippen molar-refractivity contribution >= 4 is 31.0 Å². The summed E-state index contributed by atoms with van der Waals surface area (Å²) in [5.74, 6) is -1.11. The second kappa shape index (κ2) is 6.10. The summed E-state index contributed by atoms with van der Waals surface area (Å²) >= 11 is 0. The minimum atomic E-state index is -4.91. The number of phenols is 2. The van der Waals surface area contributed by atoms with Gasteiger partial charge in [0.05, 0.1) is 0 Å². The van der Waals surface area contributed by atoms with E-state index in [1.165, 1.54) is 0 Å². The van der Waals surface area contributed by atoms with Gasteiger partial charge in [-0.15, -0.1) is 0 Å². The van der Waals surface area contributed by atoms with Gasteiger partial charge in [-0.1, -0.05) is 0 Å². The molecule has 21 heavy (non-hydrogen) atoms. The van der Waals surface area contributed by atoms with Crippen LogP contribution in [-0.4, -0.2) is 36.2 Å². The van der Waals surface area contributed by atoms with Crippen molar-refractivity contribution < 1.29 is 89.0 Å². The normalized spacial score (nSPS) is 12.1. The molecule has 0 bridgehead atoms. The van der Waals surface area contributed by atoms with Gasteiger partial charge in [0.1, 0.15) is 9.79 Å². The Kier molecular flexibility index (Phi) is 5.46. The molecule has 0 saturated heterocycles. The molecule has 11 heteroatoms. The second-order valence-electron chi connectivity index (χ2n) is 3.94. The molecule has 110 valence electrons. The third-order valence-electron chi connectivity index (χ3n) is 2.55. The number of fused-ring (bicyclic) bond motifs is 1. The van der Waals surface area contributed by atoms with Crippen LogP contribution in [-0.2, 0) is 20.2 Å². The van der Waals surface area contributed by atoms with Crippen molar-refractivity contribution in [1.29, 1.82) is 0 Å². The van der Waals surface area contributed by atoms with Crippen LogP contribution in [0.15, 0.2) is 34.1 Å². The van der Waals surface area contributed by atoms with Crippen LogP contribution in [0.25, 0.3) is 10.8 Å². The van der Waals surface area contributed by atoms with Gasteiger partial charge in [0.2, 0.25) is 0 Å². The Labute approximate surface area is 163 Å². The molecule has 0 saturated carbocycles. The first-order valence-corrected chi connectivity index (χ1v) is 7.83. The first-order valence-electron chi connectivity index (χ1n) is 4.95. The minimum Gasteiger partial charge on any atom is -1.00 e. The number of hydrogen-bond acceptors (Lipinski definition) is 6. The first kappa shape index (κ1) is 18.8. The average Bonchev–Trinajstić information content (AvgIpc) is 2.26. The van der Waals surface area contributed by atoms with Gasteiger partial charge in [0.15, 0.2) is 11.5 Å². The Hall–Kier alpha value is -0.244. The second-order valence-corrected chi connectivity index (χ2v) is 6.72. The fourth-order valence-corrected chi connectivity index (χ4v) is 3.50. The van der Waals surface area contributed by atoms with Crippen molar-refractivity contribution in [2.24, 2.45) is 0 Å². The van der Waals surface area contributed by atoms with E-state index in [1.807, 2.05) is 0 Å². The quantitative estimate of drug-likeness (QED) is 0.269. The van der Waals surface area contributed by atoms with Crippen molar-refractivity contribution in [3.63, 3.8) is 0 Å². The molecule has 2 aromatic carbocycles. The molecule has 0 atom stereocenters. The summed E-state index contributed by atoms with van der Waals surface area (Å²) in [5.41, 5.74) is 0. The maximum atomic E-state index is 11.2. The predicted molar refractivity (Wildman–Crippen MR) is 68.0 cm³/mol. The van der Waals surface area contributed by atoms with E-state index in [0.717, 1.165) is 24.3 Å². The van der Waals surface area contributed by atoms with Gasteiger partial charge >= 0.3 is 51.4 Å². The summed E-state index contributed by atoms with van der Waals surface area (Å²) < 4.78 is 62.7. The van der Waals surface area contributed by atoms with Gasteiger partial charge in [-0.25, -0.2) is 0 Å². The van der Waals surface area contributed by atoms with Crippen LogP contribution < -0.4 is 51.4 Å². The molecule has 0 aliphatic rings. The zero-order valence-electron chi connectivity index (χ0n) is 11.5. The van der Waals surface area contributed by atoms with E-state index in [0.29, 0.717) is 0 Å². The van der Waals surface area contributed by atoms with E-state index in [1.54, 1.807) is 0 Å². The van der Waals surface area contributed by atoms with Crippen LogP contribution in [0.5, 0.6) is 11.5 Å². The SMILES string of the molecule is O=S(=O)(O)c1cc2cc(O)c(O)cc2cc1S(=O)(=O)O.[H-].[K+]. The number of rotatable bonds is 2. The summed E-state index contributed by atoms with van der Waals surface area (Å²) in [6, 6.07) is 3.47. The summed E-state index contributed by atoms with van der Waals surface area (Å²) in [6.07, 6.45) is 0. The van der Waals surface area contributed by atoms with Gasteiger partial charge in [0, 0.05) is 0 Å². The first-order chi connectivity index (χ1) is 9.00. The molecule has 0 aliphatic heterocycles. The Morgan fingerprint density at radius 1 is 0.714 bits per heavy atom. The van der Waals surface area contributed by atoms with Gasteiger partial charge in [-0.05, 0) is 35.0 Å². The molecule has 2 rings (SSSR count). The van der Waals surface area contributed by atoms with Crippen molar-refractivity contribution in [3.05, 3.63) is 24.3 Å². The monoisotopic (exact) mass is 360 g/mol. The van der Waals surface area contributed by atoms with E-state index in [2.05, 4.69) is 0 Å². The zero-order chi connectivity index (χ0) is 15.3. The van der Waals surface area contributed by atoms with Gasteiger partial charge in [0.25, 0.3) is 20.2 Å². The largest absolute Gasteiger partial charge is 1.00 e. The van der Waals surface area contributed by atoms with Crippen LogP contribution in [0.2, 0.25) is 0 Å². The summed E-state index contributed by atoms with van der Waals surface area (Å²) in [5, 5.41) is 18.7. The topological polar surface area (TPSA) is 149 Å². The van der Waals surface area contributed by atoms with Gasteiger partial charge < -0.3 is 11.6 Å². The van der Waals surface area contributed by atoms with Crippen LogP contribution in [0.1, 0.15) is 1.43 Å². The number of phenolic OH excluding ortho intramolecular Hbond substituents is 2. The molecule has 0 radical (unpaired) electrons. The van der Waals surface area contributed by atoms with Crippen LogP contribution in [0.4, 0.5) is 0 Å². The van der Waals surface area contributed by atoms with Crippen molar-refractivity contribution in [2.45, 2.75) is 9.79 Å². The van der Waals surface area contributed by atoms with Crippen LogP contribution in [0.3, 0.4) is 0 Å².